The van der Waals surface area contributed by atoms with Gasteiger partial charge in [-0.05, 0) is 68.6 Å². The third kappa shape index (κ3) is 4.77. The summed E-state index contributed by atoms with van der Waals surface area (Å²) in [5.74, 6) is 3.62. The zero-order valence-corrected chi connectivity index (χ0v) is 16.7. The van der Waals surface area contributed by atoms with Gasteiger partial charge in [-0.3, -0.25) is 0 Å². The van der Waals surface area contributed by atoms with Crippen LogP contribution in [0.25, 0.3) is 0 Å². The Morgan fingerprint density at radius 1 is 0.833 bits per heavy atom. The highest BCUT2D eigenvalue weighted by atomic mass is 14.5. The van der Waals surface area contributed by atoms with Crippen molar-refractivity contribution in [1.82, 2.24) is 0 Å². The van der Waals surface area contributed by atoms with Gasteiger partial charge >= 0.3 is 0 Å². The van der Waals surface area contributed by atoms with E-state index in [1.165, 1.54) is 77.0 Å². The predicted molar refractivity (Wildman–Crippen MR) is 104 cm³/mol. The summed E-state index contributed by atoms with van der Waals surface area (Å²) in [5, 5.41) is 10.1. The highest BCUT2D eigenvalue weighted by Gasteiger charge is 2.44. The first-order valence-corrected chi connectivity index (χ1v) is 11.1. The highest BCUT2D eigenvalue weighted by molar-refractivity contribution is 5.05. The topological polar surface area (TPSA) is 23.8 Å². The number of rotatable bonds is 9. The van der Waals surface area contributed by atoms with E-state index in [0.29, 0.717) is 5.92 Å². The van der Waals surface area contributed by atoms with E-state index in [0.717, 1.165) is 30.6 Å². The number of unbranched alkanes of at least 4 members (excludes halogenated alkanes) is 2. The van der Waals surface area contributed by atoms with Crippen LogP contribution in [0.3, 0.4) is 0 Å². The Hall–Kier alpha value is -0.510. The average Bonchev–Trinajstić information content (AvgIpc) is 2.61. The van der Waals surface area contributed by atoms with E-state index < -0.39 is 0 Å². The standard InChI is InChI=1S/C23H41N/c1-4-7-8-15-23(18-24,14-6-3)22-13-12-20-16-19(9-5-2)10-11-21(20)17-22/h19-22H,4-17H2,1-3H3/t19-,20-,21-,22+,23?/m0/s1. The maximum absolute atomic E-state index is 10.1. The molecule has 0 saturated heterocycles. The van der Waals surface area contributed by atoms with E-state index >= 15 is 0 Å². The van der Waals surface area contributed by atoms with E-state index in [9.17, 15) is 5.26 Å². The summed E-state index contributed by atoms with van der Waals surface area (Å²) in [5.41, 5.74) is -0.00480. The Labute approximate surface area is 151 Å². The Morgan fingerprint density at radius 2 is 1.58 bits per heavy atom. The molecule has 138 valence electrons. The van der Waals surface area contributed by atoms with Crippen molar-refractivity contribution in [2.24, 2.45) is 29.1 Å². The zero-order chi connectivity index (χ0) is 17.4. The number of nitriles is 1. The first-order valence-electron chi connectivity index (χ1n) is 11.1. The van der Waals surface area contributed by atoms with Gasteiger partial charge in [0.1, 0.15) is 0 Å². The Morgan fingerprint density at radius 3 is 2.25 bits per heavy atom. The highest BCUT2D eigenvalue weighted by Crippen LogP contribution is 2.52. The molecule has 0 aromatic heterocycles. The summed E-state index contributed by atoms with van der Waals surface area (Å²) in [4.78, 5) is 0. The summed E-state index contributed by atoms with van der Waals surface area (Å²) in [6.45, 7) is 6.88. The fourth-order valence-electron chi connectivity index (χ4n) is 6.03. The maximum Gasteiger partial charge on any atom is 0.0692 e. The van der Waals surface area contributed by atoms with Crippen LogP contribution in [0.15, 0.2) is 0 Å². The van der Waals surface area contributed by atoms with Crippen molar-refractivity contribution in [3.8, 4) is 6.07 Å². The molecule has 2 rings (SSSR count). The summed E-state index contributed by atoms with van der Waals surface area (Å²) in [6, 6.07) is 2.87. The van der Waals surface area contributed by atoms with Crippen LogP contribution in [-0.4, -0.2) is 0 Å². The molecule has 24 heavy (non-hydrogen) atoms. The summed E-state index contributed by atoms with van der Waals surface area (Å²) in [6.07, 6.45) is 18.6. The van der Waals surface area contributed by atoms with E-state index in [2.05, 4.69) is 26.8 Å². The molecule has 0 aromatic carbocycles. The van der Waals surface area contributed by atoms with Crippen molar-refractivity contribution < 1.29 is 0 Å². The SMILES string of the molecule is CCCCCC(C#N)(CCC)[C@@H]1CC[C@H]2C[C@@H](CCC)CC[C@H]2C1. The summed E-state index contributed by atoms with van der Waals surface area (Å²) in [7, 11) is 0. The fourth-order valence-corrected chi connectivity index (χ4v) is 6.03. The second-order valence-electron chi connectivity index (χ2n) is 8.97. The van der Waals surface area contributed by atoms with Crippen LogP contribution in [0.2, 0.25) is 0 Å². The minimum Gasteiger partial charge on any atom is -0.198 e. The van der Waals surface area contributed by atoms with E-state index in [1.807, 2.05) is 0 Å². The quantitative estimate of drug-likeness (QED) is 0.401. The summed E-state index contributed by atoms with van der Waals surface area (Å²) < 4.78 is 0. The van der Waals surface area contributed by atoms with Gasteiger partial charge in [-0.1, -0.05) is 65.7 Å². The number of hydrogen-bond donors (Lipinski definition) is 0. The molecule has 0 N–H and O–H groups in total. The van der Waals surface area contributed by atoms with Crippen LogP contribution in [0.4, 0.5) is 0 Å². The molecule has 0 radical (unpaired) electrons. The normalized spacial score (nSPS) is 32.6. The molecule has 2 saturated carbocycles. The van der Waals surface area contributed by atoms with Crippen molar-refractivity contribution in [2.75, 3.05) is 0 Å². The smallest absolute Gasteiger partial charge is 0.0692 e. The minimum absolute atomic E-state index is 0.00480. The molecular weight excluding hydrogens is 290 g/mol. The molecule has 2 aliphatic carbocycles. The third-order valence-electron chi connectivity index (χ3n) is 7.35. The number of nitrogens with zero attached hydrogens (tertiary/aromatic N) is 1. The molecule has 0 heterocycles. The lowest BCUT2D eigenvalue weighted by Crippen LogP contribution is -2.38. The van der Waals surface area contributed by atoms with Gasteiger partial charge in [-0.15, -0.1) is 0 Å². The monoisotopic (exact) mass is 331 g/mol. The molecule has 1 heteroatoms. The Bertz CT molecular complexity index is 395. The first-order chi connectivity index (χ1) is 11.7. The minimum atomic E-state index is -0.00480. The van der Waals surface area contributed by atoms with Crippen molar-refractivity contribution in [1.29, 1.82) is 5.26 Å². The van der Waals surface area contributed by atoms with Gasteiger partial charge in [0.2, 0.25) is 0 Å². The number of hydrogen-bond acceptors (Lipinski definition) is 1. The van der Waals surface area contributed by atoms with Crippen LogP contribution in [0.1, 0.15) is 111 Å². The molecular formula is C23H41N. The third-order valence-corrected chi connectivity index (χ3v) is 7.35. The van der Waals surface area contributed by atoms with Crippen molar-refractivity contribution >= 4 is 0 Å². The van der Waals surface area contributed by atoms with E-state index in [1.54, 1.807) is 0 Å². The zero-order valence-electron chi connectivity index (χ0n) is 16.7. The lowest BCUT2D eigenvalue weighted by molar-refractivity contribution is 0.0440. The molecule has 5 atom stereocenters. The number of fused-ring (bicyclic) bond motifs is 1. The molecule has 1 unspecified atom stereocenters. The molecule has 2 fully saturated rings. The predicted octanol–water partition coefficient (Wildman–Crippen LogP) is 7.51. The van der Waals surface area contributed by atoms with Gasteiger partial charge in [0.25, 0.3) is 0 Å². The van der Waals surface area contributed by atoms with E-state index in [-0.39, 0.29) is 5.41 Å². The maximum atomic E-state index is 10.1. The van der Waals surface area contributed by atoms with Crippen molar-refractivity contribution in [3.05, 3.63) is 0 Å². The molecule has 1 nitrogen and oxygen atoms in total. The second kappa shape index (κ2) is 9.84. The van der Waals surface area contributed by atoms with Gasteiger partial charge in [0.05, 0.1) is 11.5 Å². The lowest BCUT2D eigenvalue weighted by atomic mass is 9.57. The van der Waals surface area contributed by atoms with Crippen molar-refractivity contribution in [2.45, 2.75) is 111 Å². The van der Waals surface area contributed by atoms with Crippen LogP contribution in [0, 0.1) is 40.4 Å². The second-order valence-corrected chi connectivity index (χ2v) is 8.97. The molecule has 0 aliphatic heterocycles. The molecule has 2 aliphatic rings. The summed E-state index contributed by atoms with van der Waals surface area (Å²) >= 11 is 0. The van der Waals surface area contributed by atoms with Crippen LogP contribution >= 0.6 is 0 Å². The molecule has 0 amide bonds. The van der Waals surface area contributed by atoms with Crippen LogP contribution in [0.5, 0.6) is 0 Å². The van der Waals surface area contributed by atoms with Crippen LogP contribution < -0.4 is 0 Å². The van der Waals surface area contributed by atoms with Crippen LogP contribution in [-0.2, 0) is 0 Å². The molecule has 0 spiro atoms. The largest absolute Gasteiger partial charge is 0.198 e. The van der Waals surface area contributed by atoms with Gasteiger partial charge in [0, 0.05) is 0 Å². The first kappa shape index (κ1) is 19.8. The Kier molecular flexibility index (Phi) is 8.12. The van der Waals surface area contributed by atoms with Gasteiger partial charge in [-0.2, -0.15) is 5.26 Å². The molecule has 0 aromatic rings. The van der Waals surface area contributed by atoms with Gasteiger partial charge < -0.3 is 0 Å². The van der Waals surface area contributed by atoms with Gasteiger partial charge in [-0.25, -0.2) is 0 Å². The molecule has 0 bridgehead atoms. The van der Waals surface area contributed by atoms with E-state index in [4.69, 9.17) is 0 Å². The Balaban J connectivity index is 1.99. The van der Waals surface area contributed by atoms with Crippen molar-refractivity contribution in [3.63, 3.8) is 0 Å². The van der Waals surface area contributed by atoms with Gasteiger partial charge in [0.15, 0.2) is 0 Å². The lowest BCUT2D eigenvalue weighted by Gasteiger charge is -2.47. The average molecular weight is 332 g/mol. The fraction of sp³-hybridized carbons (Fsp3) is 0.957.